The van der Waals surface area contributed by atoms with Crippen molar-refractivity contribution in [3.63, 3.8) is 0 Å². The molecule has 1 aliphatic rings. The van der Waals surface area contributed by atoms with E-state index >= 15 is 0 Å². The van der Waals surface area contributed by atoms with Gasteiger partial charge in [-0.05, 0) is 41.7 Å². The number of thioether (sulfide) groups is 1. The number of hydrogen-bond acceptors (Lipinski definition) is 6. The molecule has 3 aromatic carbocycles. The number of unbranched alkanes of at least 4 members (excludes halogenated alkanes) is 2. The van der Waals surface area contributed by atoms with Gasteiger partial charge in [-0.3, -0.25) is 9.59 Å². The van der Waals surface area contributed by atoms with Crippen LogP contribution in [0.1, 0.15) is 74.2 Å². The first-order valence-corrected chi connectivity index (χ1v) is 15.7. The van der Waals surface area contributed by atoms with Crippen molar-refractivity contribution in [3.05, 3.63) is 101 Å². The Morgan fingerprint density at radius 3 is 2.21 bits per heavy atom. The number of nitrogens with one attached hydrogen (secondary N) is 2. The van der Waals surface area contributed by atoms with Crippen LogP contribution in [0, 0.1) is 5.92 Å². The van der Waals surface area contributed by atoms with Gasteiger partial charge in [0, 0.05) is 48.6 Å². The van der Waals surface area contributed by atoms with Crippen molar-refractivity contribution < 1.29 is 24.2 Å². The van der Waals surface area contributed by atoms with Gasteiger partial charge in [-0.2, -0.15) is 0 Å². The first-order valence-electron chi connectivity index (χ1n) is 14.7. The molecular formula is C34H42N2O5S. The van der Waals surface area contributed by atoms with Crippen molar-refractivity contribution in [1.29, 1.82) is 0 Å². The minimum Gasteiger partial charge on any atom is -0.392 e. The summed E-state index contributed by atoms with van der Waals surface area (Å²) in [5.41, 5.74) is 3.88. The SMILES string of the molecule is CC(=O)NCCCCCC(=O)NCc1ccc([C@@H]2O[C@H](CSc3ccccc3)[C@H](C)[C@H](c3ccc(CO)cc3)O2)cc1. The summed E-state index contributed by atoms with van der Waals surface area (Å²) < 4.78 is 13.1. The van der Waals surface area contributed by atoms with Crippen molar-refractivity contribution in [2.24, 2.45) is 5.92 Å². The van der Waals surface area contributed by atoms with Crippen molar-refractivity contribution in [1.82, 2.24) is 10.6 Å². The lowest BCUT2D eigenvalue weighted by atomic mass is 9.91. The summed E-state index contributed by atoms with van der Waals surface area (Å²) in [6, 6.07) is 26.3. The third-order valence-electron chi connectivity index (χ3n) is 7.48. The van der Waals surface area contributed by atoms with E-state index in [1.807, 2.05) is 66.7 Å². The van der Waals surface area contributed by atoms with Gasteiger partial charge in [0.2, 0.25) is 11.8 Å². The monoisotopic (exact) mass is 590 g/mol. The van der Waals surface area contributed by atoms with Crippen molar-refractivity contribution in [2.45, 2.75) is 76.1 Å². The van der Waals surface area contributed by atoms with Crippen LogP contribution in [0.4, 0.5) is 0 Å². The van der Waals surface area contributed by atoms with Gasteiger partial charge in [0.15, 0.2) is 6.29 Å². The zero-order valence-electron chi connectivity index (χ0n) is 24.5. The Labute approximate surface area is 253 Å². The van der Waals surface area contributed by atoms with E-state index in [1.54, 1.807) is 11.8 Å². The summed E-state index contributed by atoms with van der Waals surface area (Å²) in [7, 11) is 0. The molecule has 0 unspecified atom stereocenters. The molecule has 0 spiro atoms. The molecule has 0 aromatic heterocycles. The predicted octanol–water partition coefficient (Wildman–Crippen LogP) is 6.08. The number of aliphatic hydroxyl groups is 1. The summed E-state index contributed by atoms with van der Waals surface area (Å²) >= 11 is 1.78. The quantitative estimate of drug-likeness (QED) is 0.156. The Bertz CT molecular complexity index is 1250. The molecule has 0 bridgehead atoms. The van der Waals surface area contributed by atoms with E-state index in [9.17, 15) is 14.7 Å². The number of carbonyl (C=O) groups excluding carboxylic acids is 2. The molecule has 3 aromatic rings. The molecule has 2 amide bonds. The lowest BCUT2D eigenvalue weighted by Crippen LogP contribution is -2.38. The van der Waals surface area contributed by atoms with Crippen LogP contribution < -0.4 is 10.6 Å². The smallest absolute Gasteiger partial charge is 0.220 e. The van der Waals surface area contributed by atoms with Gasteiger partial charge in [0.1, 0.15) is 0 Å². The average molecular weight is 591 g/mol. The molecule has 42 heavy (non-hydrogen) atoms. The lowest BCUT2D eigenvalue weighted by Gasteiger charge is -2.41. The standard InChI is InChI=1S/C34H42N2O5S/c1-24-31(23-42-30-9-5-3-6-10-30)40-34(41-33(24)28-16-14-27(22-37)15-17-28)29-18-12-26(13-19-29)21-36-32(39)11-7-4-8-20-35-25(2)38/h3,5-6,9-10,12-19,24,31,33-34,37H,4,7-8,11,20-23H2,1-2H3,(H,35,38)(H,36,39)/t24-,31+,33+,34+/m0/s1. The van der Waals surface area contributed by atoms with E-state index in [-0.39, 0.29) is 36.5 Å². The normalized spacial score (nSPS) is 20.2. The molecule has 1 heterocycles. The summed E-state index contributed by atoms with van der Waals surface area (Å²) in [5.74, 6) is 0.927. The third-order valence-corrected chi connectivity index (χ3v) is 8.58. The van der Waals surface area contributed by atoms with Gasteiger partial charge in [0.25, 0.3) is 0 Å². The third kappa shape index (κ3) is 9.70. The minimum atomic E-state index is -0.522. The van der Waals surface area contributed by atoms with Crippen LogP contribution in [-0.2, 0) is 32.2 Å². The highest BCUT2D eigenvalue weighted by Crippen LogP contribution is 2.43. The highest BCUT2D eigenvalue weighted by Gasteiger charge is 2.38. The van der Waals surface area contributed by atoms with Gasteiger partial charge in [-0.1, -0.05) is 80.1 Å². The number of amides is 2. The summed E-state index contributed by atoms with van der Waals surface area (Å²) in [6.45, 7) is 4.81. The number of hydrogen-bond donors (Lipinski definition) is 3. The molecule has 1 fully saturated rings. The van der Waals surface area contributed by atoms with E-state index in [4.69, 9.17) is 9.47 Å². The van der Waals surface area contributed by atoms with Crippen LogP contribution in [-0.4, -0.2) is 35.3 Å². The van der Waals surface area contributed by atoms with Crippen LogP contribution in [0.15, 0.2) is 83.8 Å². The molecule has 4 rings (SSSR count). The largest absolute Gasteiger partial charge is 0.392 e. The van der Waals surface area contributed by atoms with Gasteiger partial charge in [0.05, 0.1) is 18.8 Å². The van der Waals surface area contributed by atoms with E-state index in [0.717, 1.165) is 47.3 Å². The molecular weight excluding hydrogens is 548 g/mol. The molecule has 3 N–H and O–H groups in total. The number of ether oxygens (including phenoxy) is 2. The predicted molar refractivity (Wildman–Crippen MR) is 166 cm³/mol. The van der Waals surface area contributed by atoms with Crippen LogP contribution >= 0.6 is 11.8 Å². The number of benzene rings is 3. The maximum atomic E-state index is 12.3. The lowest BCUT2D eigenvalue weighted by molar-refractivity contribution is -0.268. The van der Waals surface area contributed by atoms with Crippen LogP contribution in [0.3, 0.4) is 0 Å². The van der Waals surface area contributed by atoms with Crippen LogP contribution in [0.2, 0.25) is 0 Å². The number of rotatable bonds is 14. The second-order valence-corrected chi connectivity index (χ2v) is 11.9. The zero-order valence-corrected chi connectivity index (χ0v) is 25.3. The zero-order chi connectivity index (χ0) is 29.7. The topological polar surface area (TPSA) is 96.9 Å². The maximum absolute atomic E-state index is 12.3. The van der Waals surface area contributed by atoms with Crippen LogP contribution in [0.5, 0.6) is 0 Å². The molecule has 0 aliphatic carbocycles. The highest BCUT2D eigenvalue weighted by molar-refractivity contribution is 7.99. The van der Waals surface area contributed by atoms with Crippen molar-refractivity contribution in [3.8, 4) is 0 Å². The molecule has 8 heteroatoms. The van der Waals surface area contributed by atoms with Crippen molar-refractivity contribution >= 4 is 23.6 Å². The Kier molecular flexibility index (Phi) is 12.4. The molecule has 0 radical (unpaired) electrons. The number of aliphatic hydroxyl groups excluding tert-OH is 1. The van der Waals surface area contributed by atoms with E-state index in [2.05, 4.69) is 29.7 Å². The molecule has 7 nitrogen and oxygen atoms in total. The summed E-state index contributed by atoms with van der Waals surface area (Å²) in [6.07, 6.45) is 2.34. The van der Waals surface area contributed by atoms with Gasteiger partial charge in [-0.25, -0.2) is 0 Å². The minimum absolute atomic E-state index is 0.0101. The summed E-state index contributed by atoms with van der Waals surface area (Å²) in [5, 5.41) is 15.3. The molecule has 1 saturated heterocycles. The first-order chi connectivity index (χ1) is 20.4. The highest BCUT2D eigenvalue weighted by atomic mass is 32.2. The second-order valence-electron chi connectivity index (χ2n) is 10.8. The fourth-order valence-electron chi connectivity index (χ4n) is 4.94. The second kappa shape index (κ2) is 16.5. The van der Waals surface area contributed by atoms with Gasteiger partial charge in [-0.15, -0.1) is 11.8 Å². The molecule has 1 aliphatic heterocycles. The first kappa shape index (κ1) is 31.8. The average Bonchev–Trinajstić information content (AvgIpc) is 3.02. The van der Waals surface area contributed by atoms with E-state index in [1.165, 1.54) is 11.8 Å². The van der Waals surface area contributed by atoms with E-state index in [0.29, 0.717) is 19.5 Å². The summed E-state index contributed by atoms with van der Waals surface area (Å²) in [4.78, 5) is 24.4. The Hall–Kier alpha value is -3.17. The fourth-order valence-corrected chi connectivity index (χ4v) is 6.03. The Balaban J connectivity index is 1.35. The molecule has 0 saturated carbocycles. The Morgan fingerprint density at radius 2 is 1.52 bits per heavy atom. The van der Waals surface area contributed by atoms with E-state index < -0.39 is 6.29 Å². The fraction of sp³-hybridized carbons (Fsp3) is 0.412. The van der Waals surface area contributed by atoms with Gasteiger partial charge >= 0.3 is 0 Å². The van der Waals surface area contributed by atoms with Crippen molar-refractivity contribution in [2.75, 3.05) is 12.3 Å². The molecule has 4 atom stereocenters. The Morgan fingerprint density at radius 1 is 0.833 bits per heavy atom. The van der Waals surface area contributed by atoms with Gasteiger partial charge < -0.3 is 25.2 Å². The molecule has 224 valence electrons. The maximum Gasteiger partial charge on any atom is 0.220 e. The van der Waals surface area contributed by atoms with Crippen LogP contribution in [0.25, 0.3) is 0 Å². The number of carbonyl (C=O) groups is 2.